The fourth-order valence-corrected chi connectivity index (χ4v) is 2.61. The first-order chi connectivity index (χ1) is 12.4. The molecule has 144 valence electrons. The number of nitrogens with one attached hydrogen (secondary N) is 2. The molecule has 1 aromatic carbocycles. The van der Waals surface area contributed by atoms with Gasteiger partial charge < -0.3 is 20.1 Å². The Labute approximate surface area is 159 Å². The van der Waals surface area contributed by atoms with Crippen molar-refractivity contribution < 1.29 is 19.1 Å². The zero-order chi connectivity index (χ0) is 19.1. The summed E-state index contributed by atoms with van der Waals surface area (Å²) in [5.74, 6) is 1.34. The predicted octanol–water partition coefficient (Wildman–Crippen LogP) is 3.03. The molecule has 1 aliphatic carbocycles. The minimum absolute atomic E-state index is 0.0619. The number of carbonyl (C=O) groups is 2. The highest BCUT2D eigenvalue weighted by Gasteiger charge is 2.29. The summed E-state index contributed by atoms with van der Waals surface area (Å²) in [6.07, 6.45) is 2.82. The molecule has 0 unspecified atom stereocenters. The molecule has 0 aromatic heterocycles. The Bertz CT molecular complexity index is 645. The number of rotatable bonds is 10. The van der Waals surface area contributed by atoms with Gasteiger partial charge in [-0.15, -0.1) is 0 Å². The summed E-state index contributed by atoms with van der Waals surface area (Å²) in [5.41, 5.74) is 0.386. The molecule has 0 spiro atoms. The summed E-state index contributed by atoms with van der Waals surface area (Å²) >= 11 is 6.28. The molecule has 0 bridgehead atoms. The van der Waals surface area contributed by atoms with E-state index in [4.69, 9.17) is 21.1 Å². The van der Waals surface area contributed by atoms with Crippen LogP contribution in [0.2, 0.25) is 5.02 Å². The van der Waals surface area contributed by atoms with Crippen LogP contribution >= 0.6 is 11.6 Å². The Kier molecular flexibility index (Phi) is 7.57. The number of amides is 2. The molecular formula is C19H27ClN2O4. The summed E-state index contributed by atoms with van der Waals surface area (Å²) in [4.78, 5) is 23.8. The van der Waals surface area contributed by atoms with E-state index in [0.29, 0.717) is 47.7 Å². The lowest BCUT2D eigenvalue weighted by molar-refractivity contribution is -0.122. The van der Waals surface area contributed by atoms with Crippen LogP contribution in [0, 0.1) is 11.8 Å². The molecule has 1 fully saturated rings. The van der Waals surface area contributed by atoms with Gasteiger partial charge in [0.1, 0.15) is 0 Å². The maximum Gasteiger partial charge on any atom is 0.251 e. The van der Waals surface area contributed by atoms with E-state index in [1.807, 2.05) is 0 Å². The molecule has 26 heavy (non-hydrogen) atoms. The van der Waals surface area contributed by atoms with Crippen LogP contribution in [0.15, 0.2) is 12.1 Å². The topological polar surface area (TPSA) is 76.7 Å². The summed E-state index contributed by atoms with van der Waals surface area (Å²) in [6.45, 7) is 5.51. The maximum atomic E-state index is 12.3. The van der Waals surface area contributed by atoms with Crippen LogP contribution in [-0.2, 0) is 4.79 Å². The monoisotopic (exact) mass is 382 g/mol. The van der Waals surface area contributed by atoms with Gasteiger partial charge in [-0.25, -0.2) is 0 Å². The number of hydrogen-bond acceptors (Lipinski definition) is 4. The first-order valence-corrected chi connectivity index (χ1v) is 9.36. The Morgan fingerprint density at radius 2 is 1.92 bits per heavy atom. The second-order valence-electron chi connectivity index (χ2n) is 6.84. The van der Waals surface area contributed by atoms with E-state index >= 15 is 0 Å². The number of hydrogen-bond donors (Lipinski definition) is 2. The number of halogens is 1. The molecule has 2 rings (SSSR count). The number of ether oxygens (including phenoxy) is 2. The van der Waals surface area contributed by atoms with Gasteiger partial charge in [-0.2, -0.15) is 0 Å². The fourth-order valence-electron chi connectivity index (χ4n) is 2.34. The SMILES string of the molecule is COc1cc(C(=O)NCCNC(=O)C2CC2)cc(Cl)c1OCCC(C)C. The van der Waals surface area contributed by atoms with Crippen molar-refractivity contribution in [1.82, 2.24) is 10.6 Å². The molecule has 6 nitrogen and oxygen atoms in total. The molecule has 2 N–H and O–H groups in total. The largest absolute Gasteiger partial charge is 0.493 e. The minimum atomic E-state index is -0.278. The van der Waals surface area contributed by atoms with Crippen molar-refractivity contribution >= 4 is 23.4 Å². The van der Waals surface area contributed by atoms with Crippen molar-refractivity contribution in [2.45, 2.75) is 33.1 Å². The molecule has 1 aliphatic rings. The molecule has 0 heterocycles. The third-order valence-electron chi connectivity index (χ3n) is 4.09. The first-order valence-electron chi connectivity index (χ1n) is 8.98. The number of methoxy groups -OCH3 is 1. The Morgan fingerprint density at radius 3 is 2.54 bits per heavy atom. The number of benzene rings is 1. The zero-order valence-corrected chi connectivity index (χ0v) is 16.3. The number of carbonyl (C=O) groups excluding carboxylic acids is 2. The highest BCUT2D eigenvalue weighted by atomic mass is 35.5. The summed E-state index contributed by atoms with van der Waals surface area (Å²) in [7, 11) is 1.51. The average Bonchev–Trinajstić information content (AvgIpc) is 3.44. The third kappa shape index (κ3) is 6.09. The van der Waals surface area contributed by atoms with Crippen molar-refractivity contribution in [3.63, 3.8) is 0 Å². The van der Waals surface area contributed by atoms with Gasteiger partial charge in [0, 0.05) is 24.6 Å². The lowest BCUT2D eigenvalue weighted by Crippen LogP contribution is -2.35. The smallest absolute Gasteiger partial charge is 0.251 e. The van der Waals surface area contributed by atoms with Gasteiger partial charge in [-0.05, 0) is 37.3 Å². The Morgan fingerprint density at radius 1 is 1.23 bits per heavy atom. The van der Waals surface area contributed by atoms with Crippen molar-refractivity contribution in [2.75, 3.05) is 26.8 Å². The lowest BCUT2D eigenvalue weighted by Gasteiger charge is -2.15. The molecule has 7 heteroatoms. The summed E-state index contributed by atoms with van der Waals surface area (Å²) in [5, 5.41) is 5.90. The molecule has 0 radical (unpaired) electrons. The summed E-state index contributed by atoms with van der Waals surface area (Å²) in [6, 6.07) is 3.17. The molecule has 0 atom stereocenters. The van der Waals surface area contributed by atoms with Crippen LogP contribution in [0.1, 0.15) is 43.5 Å². The quantitative estimate of drug-likeness (QED) is 0.610. The van der Waals surface area contributed by atoms with E-state index in [1.165, 1.54) is 7.11 Å². The van der Waals surface area contributed by atoms with Crippen LogP contribution in [-0.4, -0.2) is 38.6 Å². The minimum Gasteiger partial charge on any atom is -0.493 e. The fraction of sp³-hybridized carbons (Fsp3) is 0.579. The second kappa shape index (κ2) is 9.67. The van der Waals surface area contributed by atoms with Crippen molar-refractivity contribution in [2.24, 2.45) is 11.8 Å². The van der Waals surface area contributed by atoms with Crippen LogP contribution in [0.5, 0.6) is 11.5 Å². The normalized spacial score (nSPS) is 13.4. The van der Waals surface area contributed by atoms with E-state index in [1.54, 1.807) is 12.1 Å². The maximum absolute atomic E-state index is 12.3. The molecule has 0 aliphatic heterocycles. The van der Waals surface area contributed by atoms with Gasteiger partial charge in [0.15, 0.2) is 11.5 Å². The van der Waals surface area contributed by atoms with E-state index in [-0.39, 0.29) is 17.7 Å². The average molecular weight is 383 g/mol. The van der Waals surface area contributed by atoms with E-state index in [2.05, 4.69) is 24.5 Å². The summed E-state index contributed by atoms with van der Waals surface area (Å²) < 4.78 is 11.0. The van der Waals surface area contributed by atoms with E-state index < -0.39 is 0 Å². The van der Waals surface area contributed by atoms with E-state index in [9.17, 15) is 9.59 Å². The Hall–Kier alpha value is -1.95. The van der Waals surface area contributed by atoms with Gasteiger partial charge in [-0.1, -0.05) is 25.4 Å². The van der Waals surface area contributed by atoms with Gasteiger partial charge >= 0.3 is 0 Å². The van der Waals surface area contributed by atoms with Crippen LogP contribution < -0.4 is 20.1 Å². The molecule has 0 saturated heterocycles. The van der Waals surface area contributed by atoms with Gasteiger partial charge in [0.2, 0.25) is 5.91 Å². The predicted molar refractivity (Wildman–Crippen MR) is 101 cm³/mol. The first kappa shape index (κ1) is 20.4. The molecular weight excluding hydrogens is 356 g/mol. The zero-order valence-electron chi connectivity index (χ0n) is 15.6. The van der Waals surface area contributed by atoms with Gasteiger partial charge in [0.25, 0.3) is 5.91 Å². The van der Waals surface area contributed by atoms with Crippen molar-refractivity contribution in [3.05, 3.63) is 22.7 Å². The molecule has 2 amide bonds. The molecule has 1 saturated carbocycles. The van der Waals surface area contributed by atoms with Crippen LogP contribution in [0.4, 0.5) is 0 Å². The third-order valence-corrected chi connectivity index (χ3v) is 4.37. The highest BCUT2D eigenvalue weighted by Crippen LogP contribution is 2.36. The van der Waals surface area contributed by atoms with Crippen molar-refractivity contribution in [1.29, 1.82) is 0 Å². The Balaban J connectivity index is 1.89. The lowest BCUT2D eigenvalue weighted by atomic mass is 10.1. The highest BCUT2D eigenvalue weighted by molar-refractivity contribution is 6.32. The van der Waals surface area contributed by atoms with Gasteiger partial charge in [0.05, 0.1) is 18.7 Å². The standard InChI is InChI=1S/C19H27ClN2O4/c1-12(2)6-9-26-17-15(20)10-14(11-16(17)25-3)19(24)22-8-7-21-18(23)13-4-5-13/h10-13H,4-9H2,1-3H3,(H,21,23)(H,22,24). The second-order valence-corrected chi connectivity index (χ2v) is 7.25. The molecule has 1 aromatic rings. The van der Waals surface area contributed by atoms with Gasteiger partial charge in [-0.3, -0.25) is 9.59 Å². The van der Waals surface area contributed by atoms with E-state index in [0.717, 1.165) is 19.3 Å². The van der Waals surface area contributed by atoms with Crippen molar-refractivity contribution in [3.8, 4) is 11.5 Å². The van der Waals surface area contributed by atoms with Crippen LogP contribution in [0.3, 0.4) is 0 Å². The van der Waals surface area contributed by atoms with Crippen LogP contribution in [0.25, 0.3) is 0 Å².